The number of unbranched alkanes of at least 4 members (excludes halogenated alkanes) is 1. The molecule has 0 radical (unpaired) electrons. The summed E-state index contributed by atoms with van der Waals surface area (Å²) >= 11 is 0. The Kier molecular flexibility index (Phi) is 4.95. The van der Waals surface area contributed by atoms with Crippen molar-refractivity contribution in [3.8, 4) is 0 Å². The van der Waals surface area contributed by atoms with Gasteiger partial charge in [-0.05, 0) is 26.7 Å². The van der Waals surface area contributed by atoms with Crippen molar-refractivity contribution in [2.75, 3.05) is 19.3 Å². The first-order chi connectivity index (χ1) is 8.47. The minimum atomic E-state index is 0.0460. The number of anilines is 1. The maximum absolute atomic E-state index is 12.0. The molecule has 0 spiro atoms. The predicted molar refractivity (Wildman–Crippen MR) is 73.2 cm³/mol. The number of aromatic nitrogens is 2. The highest BCUT2D eigenvalue weighted by Crippen LogP contribution is 2.14. The number of nitrogen functional groups attached to an aromatic ring is 1. The molecule has 0 aliphatic rings. The van der Waals surface area contributed by atoms with Gasteiger partial charge in [-0.2, -0.15) is 5.10 Å². The van der Waals surface area contributed by atoms with Crippen molar-refractivity contribution in [1.82, 2.24) is 14.7 Å². The molecule has 0 aliphatic heterocycles. The van der Waals surface area contributed by atoms with E-state index in [-0.39, 0.29) is 12.5 Å². The zero-order valence-corrected chi connectivity index (χ0v) is 11.4. The van der Waals surface area contributed by atoms with E-state index in [1.165, 1.54) is 0 Å². The smallest absolute Gasteiger partial charge is 0.244 e. The molecule has 0 saturated heterocycles. The molecule has 0 bridgehead atoms. The molecule has 0 aromatic carbocycles. The molecule has 1 aromatic heterocycles. The summed E-state index contributed by atoms with van der Waals surface area (Å²) in [6.07, 6.45) is 3.72. The van der Waals surface area contributed by atoms with Crippen LogP contribution in [0, 0.1) is 13.8 Å². The van der Waals surface area contributed by atoms with Gasteiger partial charge in [0.2, 0.25) is 5.91 Å². The van der Waals surface area contributed by atoms with Crippen molar-refractivity contribution < 1.29 is 4.79 Å². The summed E-state index contributed by atoms with van der Waals surface area (Å²) in [6.45, 7) is 8.36. The van der Waals surface area contributed by atoms with E-state index in [9.17, 15) is 4.79 Å². The number of amides is 1. The Morgan fingerprint density at radius 3 is 2.72 bits per heavy atom. The first-order valence-electron chi connectivity index (χ1n) is 6.11. The fourth-order valence-electron chi connectivity index (χ4n) is 1.71. The number of carbonyl (C=O) groups is 1. The van der Waals surface area contributed by atoms with E-state index in [1.54, 1.807) is 16.6 Å². The van der Waals surface area contributed by atoms with E-state index in [2.05, 4.69) is 11.7 Å². The van der Waals surface area contributed by atoms with Gasteiger partial charge in [0.25, 0.3) is 0 Å². The Bertz CT molecular complexity index is 436. The zero-order chi connectivity index (χ0) is 13.7. The fraction of sp³-hybridized carbons (Fsp3) is 0.538. The maximum atomic E-state index is 12.0. The van der Waals surface area contributed by atoms with Crippen LogP contribution < -0.4 is 5.73 Å². The lowest BCUT2D eigenvalue weighted by molar-refractivity contribution is -0.130. The number of hydrogen-bond acceptors (Lipinski definition) is 3. The molecule has 1 heterocycles. The molecule has 18 heavy (non-hydrogen) atoms. The third-order valence-corrected chi connectivity index (χ3v) is 3.05. The number of likely N-dealkylation sites (N-methyl/N-ethyl adjacent to an activating group) is 1. The van der Waals surface area contributed by atoms with Gasteiger partial charge >= 0.3 is 0 Å². The Hall–Kier alpha value is -1.78. The number of nitrogens with two attached hydrogens (primary N) is 1. The first-order valence-corrected chi connectivity index (χ1v) is 6.11. The quantitative estimate of drug-likeness (QED) is 0.615. The SMILES string of the molecule is C=CCCCN(C)C(=O)Cn1nc(C)c(N)c1C. The number of rotatable bonds is 6. The summed E-state index contributed by atoms with van der Waals surface area (Å²) in [5, 5.41) is 4.26. The van der Waals surface area contributed by atoms with Gasteiger partial charge in [-0.25, -0.2) is 0 Å². The minimum Gasteiger partial charge on any atom is -0.396 e. The summed E-state index contributed by atoms with van der Waals surface area (Å²) in [4.78, 5) is 13.7. The minimum absolute atomic E-state index is 0.0460. The maximum Gasteiger partial charge on any atom is 0.244 e. The Balaban J connectivity index is 2.58. The molecule has 0 aliphatic carbocycles. The summed E-state index contributed by atoms with van der Waals surface area (Å²) in [6, 6.07) is 0. The van der Waals surface area contributed by atoms with Crippen LogP contribution in [0.15, 0.2) is 12.7 Å². The second-order valence-corrected chi connectivity index (χ2v) is 4.49. The number of carbonyl (C=O) groups excluding carboxylic acids is 1. The third kappa shape index (κ3) is 3.35. The number of allylic oxidation sites excluding steroid dienone is 1. The molecular weight excluding hydrogens is 228 g/mol. The predicted octanol–water partition coefficient (Wildman–Crippen LogP) is 1.51. The van der Waals surface area contributed by atoms with Gasteiger partial charge in [0.05, 0.1) is 17.1 Å². The van der Waals surface area contributed by atoms with Crippen molar-refractivity contribution >= 4 is 11.6 Å². The Morgan fingerprint density at radius 1 is 1.56 bits per heavy atom. The standard InChI is InChI=1S/C13H22N4O/c1-5-6-7-8-16(4)12(18)9-17-11(3)13(14)10(2)15-17/h5H,1,6-9,14H2,2-4H3. The molecule has 100 valence electrons. The third-order valence-electron chi connectivity index (χ3n) is 3.05. The van der Waals surface area contributed by atoms with Crippen LogP contribution in [0.5, 0.6) is 0 Å². The molecule has 0 atom stereocenters. The van der Waals surface area contributed by atoms with Crippen LogP contribution in [0.3, 0.4) is 0 Å². The van der Waals surface area contributed by atoms with Gasteiger partial charge in [0, 0.05) is 13.6 Å². The molecule has 2 N–H and O–H groups in total. The molecule has 1 rings (SSSR count). The lowest BCUT2D eigenvalue weighted by Crippen LogP contribution is -2.31. The topological polar surface area (TPSA) is 64.2 Å². The van der Waals surface area contributed by atoms with Crippen LogP contribution >= 0.6 is 0 Å². The van der Waals surface area contributed by atoms with Gasteiger partial charge in [0.15, 0.2) is 0 Å². The van der Waals surface area contributed by atoms with Crippen molar-refractivity contribution in [3.05, 3.63) is 24.0 Å². The fourth-order valence-corrected chi connectivity index (χ4v) is 1.71. The van der Waals surface area contributed by atoms with E-state index >= 15 is 0 Å². The van der Waals surface area contributed by atoms with E-state index in [0.717, 1.165) is 30.8 Å². The van der Waals surface area contributed by atoms with E-state index < -0.39 is 0 Å². The average molecular weight is 250 g/mol. The monoisotopic (exact) mass is 250 g/mol. The second-order valence-electron chi connectivity index (χ2n) is 4.49. The number of hydrogen-bond donors (Lipinski definition) is 1. The lowest BCUT2D eigenvalue weighted by atomic mass is 10.3. The van der Waals surface area contributed by atoms with Crippen molar-refractivity contribution in [3.63, 3.8) is 0 Å². The first kappa shape index (κ1) is 14.3. The zero-order valence-electron chi connectivity index (χ0n) is 11.4. The normalized spacial score (nSPS) is 10.4. The molecule has 0 unspecified atom stereocenters. The molecule has 5 nitrogen and oxygen atoms in total. The van der Waals surface area contributed by atoms with Crippen molar-refractivity contribution in [2.24, 2.45) is 0 Å². The highest BCUT2D eigenvalue weighted by atomic mass is 16.2. The van der Waals surface area contributed by atoms with Gasteiger partial charge in [0.1, 0.15) is 6.54 Å². The largest absolute Gasteiger partial charge is 0.396 e. The average Bonchev–Trinajstić information content (AvgIpc) is 2.57. The number of aryl methyl sites for hydroxylation is 1. The Labute approximate surface area is 108 Å². The molecule has 0 saturated carbocycles. The molecule has 1 amide bonds. The summed E-state index contributed by atoms with van der Waals surface area (Å²) < 4.78 is 1.66. The lowest BCUT2D eigenvalue weighted by Gasteiger charge is -2.17. The van der Waals surface area contributed by atoms with Crippen LogP contribution in [0.4, 0.5) is 5.69 Å². The molecule has 0 fully saturated rings. The highest BCUT2D eigenvalue weighted by Gasteiger charge is 2.13. The summed E-state index contributed by atoms with van der Waals surface area (Å²) in [5.41, 5.74) is 8.12. The van der Waals surface area contributed by atoms with Crippen LogP contribution in [0.2, 0.25) is 0 Å². The van der Waals surface area contributed by atoms with E-state index in [0.29, 0.717) is 5.69 Å². The molecule has 5 heteroatoms. The van der Waals surface area contributed by atoms with Crippen LogP contribution in [-0.2, 0) is 11.3 Å². The summed E-state index contributed by atoms with van der Waals surface area (Å²) in [5.74, 6) is 0.0460. The number of nitrogens with zero attached hydrogens (tertiary/aromatic N) is 3. The van der Waals surface area contributed by atoms with Gasteiger partial charge in [-0.3, -0.25) is 9.48 Å². The van der Waals surface area contributed by atoms with Crippen LogP contribution in [-0.4, -0.2) is 34.2 Å². The van der Waals surface area contributed by atoms with Crippen molar-refractivity contribution in [2.45, 2.75) is 33.2 Å². The van der Waals surface area contributed by atoms with Crippen LogP contribution in [0.25, 0.3) is 0 Å². The van der Waals surface area contributed by atoms with Gasteiger partial charge < -0.3 is 10.6 Å². The summed E-state index contributed by atoms with van der Waals surface area (Å²) in [7, 11) is 1.81. The van der Waals surface area contributed by atoms with E-state index in [4.69, 9.17) is 5.73 Å². The molecule has 1 aromatic rings. The van der Waals surface area contributed by atoms with Crippen LogP contribution in [0.1, 0.15) is 24.2 Å². The van der Waals surface area contributed by atoms with Gasteiger partial charge in [-0.15, -0.1) is 6.58 Å². The van der Waals surface area contributed by atoms with Crippen molar-refractivity contribution in [1.29, 1.82) is 0 Å². The highest BCUT2D eigenvalue weighted by molar-refractivity contribution is 5.75. The second kappa shape index (κ2) is 6.23. The van der Waals surface area contributed by atoms with Gasteiger partial charge in [-0.1, -0.05) is 6.08 Å². The Morgan fingerprint density at radius 2 is 2.22 bits per heavy atom. The van der Waals surface area contributed by atoms with E-state index in [1.807, 2.05) is 19.9 Å². The molecular formula is C13H22N4O.